The molecule has 0 bridgehead atoms. The number of hydrogen-bond acceptors (Lipinski definition) is 4. The van der Waals surface area contributed by atoms with E-state index in [0.29, 0.717) is 39.5 Å². The van der Waals surface area contributed by atoms with Gasteiger partial charge in [-0.3, -0.25) is 9.59 Å². The molecule has 3 atom stereocenters. The van der Waals surface area contributed by atoms with Gasteiger partial charge in [-0.1, -0.05) is 17.7 Å². The number of halogens is 1. The highest BCUT2D eigenvalue weighted by atomic mass is 35.5. The van der Waals surface area contributed by atoms with Crippen LogP contribution >= 0.6 is 22.9 Å². The van der Waals surface area contributed by atoms with Crippen LogP contribution in [0.5, 0.6) is 0 Å². The highest BCUT2D eigenvalue weighted by Gasteiger charge is 2.42. The second-order valence-corrected chi connectivity index (χ2v) is 8.36. The molecule has 26 heavy (non-hydrogen) atoms. The fourth-order valence-corrected chi connectivity index (χ4v) is 4.79. The van der Waals surface area contributed by atoms with Crippen LogP contribution in [-0.2, 0) is 0 Å². The van der Waals surface area contributed by atoms with Crippen LogP contribution in [-0.4, -0.2) is 35.8 Å². The maximum Gasteiger partial charge on any atom is 0.265 e. The van der Waals surface area contributed by atoms with Crippen LogP contribution in [0.3, 0.4) is 0 Å². The van der Waals surface area contributed by atoms with Gasteiger partial charge in [0.05, 0.1) is 15.6 Å². The zero-order chi connectivity index (χ0) is 18.3. The quantitative estimate of drug-likeness (QED) is 0.844. The molecule has 136 valence electrons. The van der Waals surface area contributed by atoms with Gasteiger partial charge in [0.15, 0.2) is 0 Å². The monoisotopic (exact) mass is 389 g/mol. The fraction of sp³-hybridized carbons (Fsp3) is 0.368. The Morgan fingerprint density at radius 2 is 2.08 bits per heavy atom. The molecule has 0 radical (unpaired) electrons. The standard InChI is InChI=1S/C19H20ClN3O2S/c20-14-5-3-11(8-16(14)22-18(24)17-2-1-7-26-17)19(25)23-9-12-4-6-15(21)13(12)10-23/h1-3,5,7-8,12-13,15H,4,6,9-10,21H2,(H,22,24). The van der Waals surface area contributed by atoms with Crippen molar-refractivity contribution in [3.8, 4) is 0 Å². The number of likely N-dealkylation sites (tertiary alicyclic amines) is 1. The molecule has 2 heterocycles. The zero-order valence-corrected chi connectivity index (χ0v) is 15.7. The first-order valence-corrected chi connectivity index (χ1v) is 9.98. The molecule has 3 unspecified atom stereocenters. The third-order valence-corrected chi connectivity index (χ3v) is 6.60. The summed E-state index contributed by atoms with van der Waals surface area (Å²) in [6, 6.07) is 8.78. The minimum absolute atomic E-state index is 0.0325. The Hall–Kier alpha value is -1.89. The molecule has 2 fully saturated rings. The van der Waals surface area contributed by atoms with Gasteiger partial charge in [-0.25, -0.2) is 0 Å². The summed E-state index contributed by atoms with van der Waals surface area (Å²) in [7, 11) is 0. The van der Waals surface area contributed by atoms with Crippen molar-refractivity contribution in [1.29, 1.82) is 0 Å². The summed E-state index contributed by atoms with van der Waals surface area (Å²) in [5, 5.41) is 5.04. The summed E-state index contributed by atoms with van der Waals surface area (Å²) < 4.78 is 0. The first-order valence-electron chi connectivity index (χ1n) is 8.72. The number of nitrogens with one attached hydrogen (secondary N) is 1. The normalized spacial score (nSPS) is 24.5. The van der Waals surface area contributed by atoms with Crippen molar-refractivity contribution in [2.45, 2.75) is 18.9 Å². The summed E-state index contributed by atoms with van der Waals surface area (Å²) in [6.07, 6.45) is 2.15. The van der Waals surface area contributed by atoms with Gasteiger partial charge in [0.1, 0.15) is 0 Å². The predicted octanol–water partition coefficient (Wildman–Crippen LogP) is 3.46. The van der Waals surface area contributed by atoms with E-state index < -0.39 is 0 Å². The van der Waals surface area contributed by atoms with Crippen LogP contribution in [0.25, 0.3) is 0 Å². The van der Waals surface area contributed by atoms with Crippen molar-refractivity contribution in [1.82, 2.24) is 4.90 Å². The fourth-order valence-electron chi connectivity index (χ4n) is 4.00. The van der Waals surface area contributed by atoms with Gasteiger partial charge in [-0.05, 0) is 54.3 Å². The molecule has 2 aromatic rings. The van der Waals surface area contributed by atoms with E-state index in [4.69, 9.17) is 17.3 Å². The Balaban J connectivity index is 1.50. The first-order chi connectivity index (χ1) is 12.5. The minimum atomic E-state index is -0.229. The Morgan fingerprint density at radius 1 is 1.23 bits per heavy atom. The molecule has 5 nitrogen and oxygen atoms in total. The van der Waals surface area contributed by atoms with Crippen LogP contribution in [0.2, 0.25) is 5.02 Å². The van der Waals surface area contributed by atoms with Gasteiger partial charge in [0, 0.05) is 24.7 Å². The number of nitrogens with zero attached hydrogens (tertiary/aromatic N) is 1. The van der Waals surface area contributed by atoms with E-state index in [1.165, 1.54) is 11.3 Å². The molecule has 2 aliphatic rings. The van der Waals surface area contributed by atoms with Gasteiger partial charge < -0.3 is 16.0 Å². The van der Waals surface area contributed by atoms with E-state index in [1.807, 2.05) is 16.3 Å². The lowest BCUT2D eigenvalue weighted by atomic mass is 9.98. The van der Waals surface area contributed by atoms with E-state index in [1.54, 1.807) is 24.3 Å². The average Bonchev–Trinajstić information content (AvgIpc) is 3.35. The van der Waals surface area contributed by atoms with Crippen LogP contribution < -0.4 is 11.1 Å². The Kier molecular flexibility index (Phi) is 4.73. The van der Waals surface area contributed by atoms with E-state index in [2.05, 4.69) is 5.32 Å². The Bertz CT molecular complexity index is 839. The smallest absolute Gasteiger partial charge is 0.265 e. The number of fused-ring (bicyclic) bond motifs is 1. The summed E-state index contributed by atoms with van der Waals surface area (Å²) in [5.74, 6) is 0.659. The van der Waals surface area contributed by atoms with Gasteiger partial charge in [0.25, 0.3) is 11.8 Å². The zero-order valence-electron chi connectivity index (χ0n) is 14.2. The lowest BCUT2D eigenvalue weighted by Crippen LogP contribution is -2.33. The highest BCUT2D eigenvalue weighted by Crippen LogP contribution is 2.38. The van der Waals surface area contributed by atoms with E-state index >= 15 is 0 Å². The lowest BCUT2D eigenvalue weighted by Gasteiger charge is -2.19. The van der Waals surface area contributed by atoms with Gasteiger partial charge in [-0.15, -0.1) is 11.3 Å². The van der Waals surface area contributed by atoms with E-state index in [0.717, 1.165) is 19.4 Å². The second kappa shape index (κ2) is 7.02. The average molecular weight is 390 g/mol. The molecule has 4 rings (SSSR count). The third kappa shape index (κ3) is 3.24. The maximum absolute atomic E-state index is 12.9. The number of nitrogens with two attached hydrogens (primary N) is 1. The molecule has 1 saturated heterocycles. The van der Waals surface area contributed by atoms with Crippen molar-refractivity contribution in [2.24, 2.45) is 17.6 Å². The van der Waals surface area contributed by atoms with Gasteiger partial charge >= 0.3 is 0 Å². The number of anilines is 1. The molecule has 0 spiro atoms. The van der Waals surface area contributed by atoms with Crippen molar-refractivity contribution in [3.63, 3.8) is 0 Å². The molecule has 1 aliphatic heterocycles. The van der Waals surface area contributed by atoms with Gasteiger partial charge in [0.2, 0.25) is 0 Å². The Labute approximate surface area is 161 Å². The number of rotatable bonds is 3. The molecule has 1 saturated carbocycles. The van der Waals surface area contributed by atoms with Crippen LogP contribution in [0, 0.1) is 11.8 Å². The number of carbonyl (C=O) groups is 2. The molecule has 1 aliphatic carbocycles. The van der Waals surface area contributed by atoms with Crippen molar-refractivity contribution < 1.29 is 9.59 Å². The number of hydrogen-bond donors (Lipinski definition) is 2. The van der Waals surface area contributed by atoms with E-state index in [9.17, 15) is 9.59 Å². The number of carbonyl (C=O) groups excluding carboxylic acids is 2. The van der Waals surface area contributed by atoms with Crippen LogP contribution in [0.1, 0.15) is 32.9 Å². The van der Waals surface area contributed by atoms with E-state index in [-0.39, 0.29) is 17.9 Å². The minimum Gasteiger partial charge on any atom is -0.338 e. The lowest BCUT2D eigenvalue weighted by molar-refractivity contribution is 0.0779. The van der Waals surface area contributed by atoms with Crippen LogP contribution in [0.15, 0.2) is 35.7 Å². The molecule has 1 aromatic carbocycles. The summed E-state index contributed by atoms with van der Waals surface area (Å²) >= 11 is 7.56. The predicted molar refractivity (Wildman–Crippen MR) is 104 cm³/mol. The molecular formula is C19H20ClN3O2S. The van der Waals surface area contributed by atoms with Crippen LogP contribution in [0.4, 0.5) is 5.69 Å². The third-order valence-electron chi connectivity index (χ3n) is 5.41. The van der Waals surface area contributed by atoms with Crippen molar-refractivity contribution in [2.75, 3.05) is 18.4 Å². The highest BCUT2D eigenvalue weighted by molar-refractivity contribution is 7.12. The number of benzene rings is 1. The topological polar surface area (TPSA) is 75.4 Å². The molecule has 3 N–H and O–H groups in total. The number of thiophene rings is 1. The Morgan fingerprint density at radius 3 is 2.81 bits per heavy atom. The summed E-state index contributed by atoms with van der Waals surface area (Å²) in [4.78, 5) is 27.6. The maximum atomic E-state index is 12.9. The summed E-state index contributed by atoms with van der Waals surface area (Å²) in [6.45, 7) is 1.47. The van der Waals surface area contributed by atoms with Crippen molar-refractivity contribution >= 4 is 40.4 Å². The molecular weight excluding hydrogens is 370 g/mol. The van der Waals surface area contributed by atoms with Gasteiger partial charge in [-0.2, -0.15) is 0 Å². The second-order valence-electron chi connectivity index (χ2n) is 7.00. The SMILES string of the molecule is NC1CCC2CN(C(=O)c3ccc(Cl)c(NC(=O)c4cccs4)c3)CC12. The molecule has 1 aromatic heterocycles. The molecule has 2 amide bonds. The van der Waals surface area contributed by atoms with Crippen molar-refractivity contribution in [3.05, 3.63) is 51.2 Å². The first kappa shape index (κ1) is 17.5. The number of amides is 2. The largest absolute Gasteiger partial charge is 0.338 e. The summed E-state index contributed by atoms with van der Waals surface area (Å²) in [5.41, 5.74) is 7.15. The molecule has 7 heteroatoms.